The van der Waals surface area contributed by atoms with Gasteiger partial charge in [0.05, 0.1) is 19.4 Å². The van der Waals surface area contributed by atoms with Crippen LogP contribution in [0.2, 0.25) is 0 Å². The maximum atomic E-state index is 12.2. The van der Waals surface area contributed by atoms with E-state index in [4.69, 9.17) is 4.74 Å². The van der Waals surface area contributed by atoms with Crippen LogP contribution in [0.1, 0.15) is 17.3 Å². The average molecular weight is 288 g/mol. The zero-order chi connectivity index (χ0) is 15.2. The fourth-order valence-corrected chi connectivity index (χ4v) is 1.95. The van der Waals surface area contributed by atoms with Crippen LogP contribution in [0.4, 0.5) is 0 Å². The lowest BCUT2D eigenvalue weighted by Gasteiger charge is -2.08. The van der Waals surface area contributed by atoms with Crippen LogP contribution < -0.4 is 5.32 Å². The minimum absolute atomic E-state index is 0.161. The highest BCUT2D eigenvalue weighted by atomic mass is 16.5. The average Bonchev–Trinajstić information content (AvgIpc) is 3.06. The monoisotopic (exact) mass is 288 g/mol. The van der Waals surface area contributed by atoms with E-state index in [0.717, 1.165) is 11.4 Å². The molecular formula is C15H20N4O2. The molecule has 0 aromatic carbocycles. The van der Waals surface area contributed by atoms with E-state index in [1.54, 1.807) is 10.9 Å². The first-order valence-electron chi connectivity index (χ1n) is 6.75. The first-order valence-corrected chi connectivity index (χ1v) is 6.75. The van der Waals surface area contributed by atoms with Crippen molar-refractivity contribution in [2.24, 2.45) is 7.05 Å². The summed E-state index contributed by atoms with van der Waals surface area (Å²) < 4.78 is 8.88. The van der Waals surface area contributed by atoms with Crippen molar-refractivity contribution < 1.29 is 9.53 Å². The van der Waals surface area contributed by atoms with Crippen molar-refractivity contribution >= 4 is 5.91 Å². The van der Waals surface area contributed by atoms with E-state index in [9.17, 15) is 4.79 Å². The molecule has 1 amide bonds. The Bertz CT molecular complexity index is 614. The van der Waals surface area contributed by atoms with Crippen LogP contribution in [-0.2, 0) is 11.8 Å². The van der Waals surface area contributed by atoms with Gasteiger partial charge in [0.2, 0.25) is 0 Å². The van der Waals surface area contributed by atoms with Gasteiger partial charge >= 0.3 is 0 Å². The SMILES string of the molecule is C=C(C)COCCNC(=O)c1cnn(C)c1-n1cccc1. The van der Waals surface area contributed by atoms with Gasteiger partial charge in [0.1, 0.15) is 11.4 Å². The fourth-order valence-electron chi connectivity index (χ4n) is 1.95. The molecule has 0 fully saturated rings. The summed E-state index contributed by atoms with van der Waals surface area (Å²) in [7, 11) is 1.81. The molecule has 2 aromatic rings. The van der Waals surface area contributed by atoms with E-state index in [2.05, 4.69) is 17.0 Å². The van der Waals surface area contributed by atoms with Crippen LogP contribution in [0.25, 0.3) is 5.82 Å². The largest absolute Gasteiger partial charge is 0.375 e. The van der Waals surface area contributed by atoms with Crippen molar-refractivity contribution in [1.29, 1.82) is 0 Å². The highest BCUT2D eigenvalue weighted by Crippen LogP contribution is 2.13. The Morgan fingerprint density at radius 1 is 1.43 bits per heavy atom. The molecule has 0 spiro atoms. The van der Waals surface area contributed by atoms with Crippen LogP contribution in [0.15, 0.2) is 42.9 Å². The van der Waals surface area contributed by atoms with Gasteiger partial charge in [0.15, 0.2) is 0 Å². The summed E-state index contributed by atoms with van der Waals surface area (Å²) in [6.45, 7) is 7.07. The van der Waals surface area contributed by atoms with Crippen LogP contribution in [0, 0.1) is 0 Å². The molecule has 0 unspecified atom stereocenters. The molecule has 0 atom stereocenters. The zero-order valence-corrected chi connectivity index (χ0v) is 12.4. The van der Waals surface area contributed by atoms with E-state index >= 15 is 0 Å². The molecule has 6 nitrogen and oxygen atoms in total. The summed E-state index contributed by atoms with van der Waals surface area (Å²) in [5.74, 6) is 0.575. The van der Waals surface area contributed by atoms with Gasteiger partial charge in [0.25, 0.3) is 5.91 Å². The first kappa shape index (κ1) is 15.1. The summed E-state index contributed by atoms with van der Waals surface area (Å²) in [6.07, 6.45) is 5.33. The molecule has 2 rings (SSSR count). The van der Waals surface area contributed by atoms with Crippen molar-refractivity contribution in [3.8, 4) is 5.82 Å². The lowest BCUT2D eigenvalue weighted by Crippen LogP contribution is -2.28. The number of hydrogen-bond acceptors (Lipinski definition) is 3. The maximum Gasteiger partial charge on any atom is 0.256 e. The number of amides is 1. The van der Waals surface area contributed by atoms with E-state index < -0.39 is 0 Å². The molecule has 1 N–H and O–H groups in total. The Morgan fingerprint density at radius 2 is 2.14 bits per heavy atom. The van der Waals surface area contributed by atoms with E-state index in [1.165, 1.54) is 0 Å². The second-order valence-corrected chi connectivity index (χ2v) is 4.86. The van der Waals surface area contributed by atoms with Crippen molar-refractivity contribution in [3.05, 3.63) is 48.4 Å². The second-order valence-electron chi connectivity index (χ2n) is 4.86. The summed E-state index contributed by atoms with van der Waals surface area (Å²) in [5, 5.41) is 6.98. The van der Waals surface area contributed by atoms with Crippen molar-refractivity contribution in [1.82, 2.24) is 19.7 Å². The summed E-state index contributed by atoms with van der Waals surface area (Å²) >= 11 is 0. The lowest BCUT2D eigenvalue weighted by molar-refractivity contribution is 0.0926. The Balaban J connectivity index is 1.96. The van der Waals surface area contributed by atoms with Crippen LogP contribution >= 0.6 is 0 Å². The van der Waals surface area contributed by atoms with Gasteiger partial charge in [-0.2, -0.15) is 5.10 Å². The van der Waals surface area contributed by atoms with E-state index in [0.29, 0.717) is 25.3 Å². The molecule has 112 valence electrons. The van der Waals surface area contributed by atoms with Gasteiger partial charge in [-0.15, -0.1) is 0 Å². The number of nitrogens with zero attached hydrogens (tertiary/aromatic N) is 3. The van der Waals surface area contributed by atoms with Gasteiger partial charge in [-0.05, 0) is 19.1 Å². The van der Waals surface area contributed by atoms with Crippen molar-refractivity contribution in [2.75, 3.05) is 19.8 Å². The molecule has 0 aliphatic carbocycles. The number of carbonyl (C=O) groups excluding carboxylic acids is 1. The molecule has 0 saturated heterocycles. The predicted octanol–water partition coefficient (Wildman–Crippen LogP) is 1.53. The number of carbonyl (C=O) groups is 1. The number of ether oxygens (including phenoxy) is 1. The number of nitrogens with one attached hydrogen (secondary N) is 1. The molecule has 0 radical (unpaired) electrons. The molecule has 0 bridgehead atoms. The number of rotatable bonds is 7. The molecule has 0 saturated carbocycles. The number of hydrogen-bond donors (Lipinski definition) is 1. The van der Waals surface area contributed by atoms with Crippen molar-refractivity contribution in [2.45, 2.75) is 6.92 Å². The number of aryl methyl sites for hydroxylation is 1. The summed E-state index contributed by atoms with van der Waals surface area (Å²) in [4.78, 5) is 12.2. The molecule has 0 aliphatic rings. The molecule has 0 aliphatic heterocycles. The van der Waals surface area contributed by atoms with Gasteiger partial charge in [-0.25, -0.2) is 0 Å². The highest BCUT2D eigenvalue weighted by molar-refractivity contribution is 5.97. The van der Waals surface area contributed by atoms with Crippen LogP contribution in [-0.4, -0.2) is 40.0 Å². The molecular weight excluding hydrogens is 268 g/mol. The third-order valence-corrected chi connectivity index (χ3v) is 2.88. The van der Waals surface area contributed by atoms with Crippen LogP contribution in [0.5, 0.6) is 0 Å². The second kappa shape index (κ2) is 6.90. The Hall–Kier alpha value is -2.34. The zero-order valence-electron chi connectivity index (χ0n) is 12.4. The van der Waals surface area contributed by atoms with Gasteiger partial charge < -0.3 is 14.6 Å². The van der Waals surface area contributed by atoms with E-state index in [-0.39, 0.29) is 5.91 Å². The fraction of sp³-hybridized carbons (Fsp3) is 0.333. The minimum Gasteiger partial charge on any atom is -0.375 e. The highest BCUT2D eigenvalue weighted by Gasteiger charge is 2.16. The standard InChI is InChI=1S/C15H20N4O2/c1-12(2)11-21-9-6-16-14(20)13-10-17-18(3)15(13)19-7-4-5-8-19/h4-5,7-8,10H,1,6,9,11H2,2-3H3,(H,16,20). The molecule has 21 heavy (non-hydrogen) atoms. The van der Waals surface area contributed by atoms with E-state index in [1.807, 2.05) is 43.1 Å². The quantitative estimate of drug-likeness (QED) is 0.621. The Labute approximate surface area is 124 Å². The molecule has 6 heteroatoms. The molecule has 2 aromatic heterocycles. The normalized spacial score (nSPS) is 10.6. The first-order chi connectivity index (χ1) is 10.1. The predicted molar refractivity (Wildman–Crippen MR) is 80.5 cm³/mol. The third kappa shape index (κ3) is 3.82. The Kier molecular flexibility index (Phi) is 4.94. The summed E-state index contributed by atoms with van der Waals surface area (Å²) in [6, 6.07) is 3.81. The topological polar surface area (TPSA) is 61.1 Å². The Morgan fingerprint density at radius 3 is 2.81 bits per heavy atom. The van der Waals surface area contributed by atoms with Gasteiger partial charge in [-0.3, -0.25) is 9.48 Å². The maximum absolute atomic E-state index is 12.2. The minimum atomic E-state index is -0.161. The molecule has 2 heterocycles. The summed E-state index contributed by atoms with van der Waals surface area (Å²) in [5.41, 5.74) is 1.50. The lowest BCUT2D eigenvalue weighted by atomic mass is 10.3. The van der Waals surface area contributed by atoms with Gasteiger partial charge in [-0.1, -0.05) is 12.2 Å². The van der Waals surface area contributed by atoms with Gasteiger partial charge in [0, 0.05) is 26.0 Å². The third-order valence-electron chi connectivity index (χ3n) is 2.88. The smallest absolute Gasteiger partial charge is 0.256 e. The number of aromatic nitrogens is 3. The van der Waals surface area contributed by atoms with Crippen molar-refractivity contribution in [3.63, 3.8) is 0 Å². The van der Waals surface area contributed by atoms with Crippen LogP contribution in [0.3, 0.4) is 0 Å².